The molecule has 0 aromatic carbocycles. The van der Waals surface area contributed by atoms with Gasteiger partial charge in [0.05, 0.1) is 12.2 Å². The van der Waals surface area contributed by atoms with Crippen molar-refractivity contribution in [3.8, 4) is 0 Å². The van der Waals surface area contributed by atoms with Crippen LogP contribution in [0.2, 0.25) is 0 Å². The molecule has 0 spiro atoms. The van der Waals surface area contributed by atoms with E-state index in [1.165, 1.54) is 0 Å². The molecule has 25 heavy (non-hydrogen) atoms. The number of hydrogen-bond acceptors (Lipinski definition) is 4. The second-order valence-electron chi connectivity index (χ2n) is 7.58. The molecule has 1 rings (SSSR count). The molecular weight excluding hydrogens is 320 g/mol. The average molecular weight is 357 g/mol. The Balaban J connectivity index is 2.27. The molecule has 1 fully saturated rings. The third-order valence-corrected chi connectivity index (χ3v) is 5.46. The van der Waals surface area contributed by atoms with Gasteiger partial charge in [-0.05, 0) is 38.0 Å². The fourth-order valence-electron chi connectivity index (χ4n) is 3.95. The van der Waals surface area contributed by atoms with Crippen LogP contribution in [0.4, 0.5) is 0 Å². The predicted molar refractivity (Wildman–Crippen MR) is 97.3 cm³/mol. The highest BCUT2D eigenvalue weighted by Gasteiger charge is 2.40. The zero-order valence-electron chi connectivity index (χ0n) is 15.7. The molecule has 0 saturated heterocycles. The summed E-state index contributed by atoms with van der Waals surface area (Å²) in [4.78, 5) is 22.6. The second kappa shape index (κ2) is 12.4. The lowest BCUT2D eigenvalue weighted by Crippen LogP contribution is -2.21. The van der Waals surface area contributed by atoms with Crippen LogP contribution < -0.4 is 0 Å². The van der Waals surface area contributed by atoms with Crippen LogP contribution in [0, 0.1) is 11.8 Å². The summed E-state index contributed by atoms with van der Waals surface area (Å²) in [7, 11) is 0. The average Bonchev–Trinajstić information content (AvgIpc) is 2.82. The smallest absolute Gasteiger partial charge is 0.303 e. The van der Waals surface area contributed by atoms with Crippen LogP contribution in [0.3, 0.4) is 0 Å². The predicted octanol–water partition coefficient (Wildman–Crippen LogP) is 3.70. The Kier molecular flexibility index (Phi) is 11.0. The highest BCUT2D eigenvalue weighted by atomic mass is 16.4. The fourth-order valence-corrected chi connectivity index (χ4v) is 3.95. The van der Waals surface area contributed by atoms with E-state index in [4.69, 9.17) is 5.11 Å². The molecule has 5 nitrogen and oxygen atoms in total. The minimum atomic E-state index is -0.754. The fraction of sp³-hybridized carbons (Fsp3) is 0.900. The van der Waals surface area contributed by atoms with Gasteiger partial charge in [0.25, 0.3) is 0 Å². The molecule has 146 valence electrons. The minimum absolute atomic E-state index is 0.0323. The summed E-state index contributed by atoms with van der Waals surface area (Å²) in [6, 6.07) is 0. The normalized spacial score (nSPS) is 24.6. The molecule has 5 heteroatoms. The number of rotatable bonds is 14. The zero-order valence-corrected chi connectivity index (χ0v) is 15.7. The van der Waals surface area contributed by atoms with Crippen molar-refractivity contribution < 1.29 is 24.9 Å². The molecule has 4 atom stereocenters. The van der Waals surface area contributed by atoms with E-state index in [0.717, 1.165) is 64.2 Å². The minimum Gasteiger partial charge on any atom is -0.481 e. The van der Waals surface area contributed by atoms with Crippen molar-refractivity contribution in [1.82, 2.24) is 0 Å². The molecule has 0 radical (unpaired) electrons. The lowest BCUT2D eigenvalue weighted by molar-refractivity contribution is -0.137. The van der Waals surface area contributed by atoms with Gasteiger partial charge >= 0.3 is 5.97 Å². The third-order valence-electron chi connectivity index (χ3n) is 5.46. The summed E-state index contributed by atoms with van der Waals surface area (Å²) in [5.74, 6) is -0.600. The maximum Gasteiger partial charge on any atom is 0.303 e. The number of carboxylic acid groups (broad SMARTS) is 1. The molecule has 3 N–H and O–H groups in total. The molecule has 0 aromatic heterocycles. The zero-order chi connectivity index (χ0) is 18.7. The van der Waals surface area contributed by atoms with E-state index in [-0.39, 0.29) is 36.6 Å². The topological polar surface area (TPSA) is 94.8 Å². The first kappa shape index (κ1) is 22.1. The van der Waals surface area contributed by atoms with Gasteiger partial charge in [-0.1, -0.05) is 45.4 Å². The molecule has 1 saturated carbocycles. The number of Topliss-reactive ketones (excluding diaryl/α,β-unsaturated/α-hetero) is 1. The van der Waals surface area contributed by atoms with Gasteiger partial charge in [0.1, 0.15) is 5.78 Å². The van der Waals surface area contributed by atoms with Crippen LogP contribution in [0.5, 0.6) is 0 Å². The maximum absolute atomic E-state index is 12.2. The van der Waals surface area contributed by atoms with Crippen molar-refractivity contribution in [2.45, 2.75) is 103 Å². The molecule has 1 aliphatic carbocycles. The van der Waals surface area contributed by atoms with Crippen molar-refractivity contribution in [3.63, 3.8) is 0 Å². The van der Waals surface area contributed by atoms with Gasteiger partial charge in [-0.3, -0.25) is 9.59 Å². The lowest BCUT2D eigenvalue weighted by atomic mass is 9.85. The van der Waals surface area contributed by atoms with Gasteiger partial charge in [0, 0.05) is 18.8 Å². The van der Waals surface area contributed by atoms with Gasteiger partial charge in [-0.25, -0.2) is 0 Å². The Labute approximate surface area is 151 Å². The Morgan fingerprint density at radius 1 is 1.08 bits per heavy atom. The van der Waals surface area contributed by atoms with E-state index in [2.05, 4.69) is 6.92 Å². The first-order valence-electron chi connectivity index (χ1n) is 10.1. The van der Waals surface area contributed by atoms with E-state index in [9.17, 15) is 19.8 Å². The number of carboxylic acids is 1. The summed E-state index contributed by atoms with van der Waals surface area (Å²) < 4.78 is 0. The van der Waals surface area contributed by atoms with Crippen LogP contribution in [-0.4, -0.2) is 39.3 Å². The van der Waals surface area contributed by atoms with Crippen LogP contribution >= 0.6 is 0 Å². The Hall–Kier alpha value is -0.940. The Morgan fingerprint density at radius 2 is 1.76 bits per heavy atom. The largest absolute Gasteiger partial charge is 0.481 e. The molecule has 0 amide bonds. The number of hydrogen-bond donors (Lipinski definition) is 3. The number of aliphatic carboxylic acids is 1. The van der Waals surface area contributed by atoms with Crippen molar-refractivity contribution in [2.75, 3.05) is 0 Å². The van der Waals surface area contributed by atoms with Crippen LogP contribution in [0.25, 0.3) is 0 Å². The van der Waals surface area contributed by atoms with Gasteiger partial charge < -0.3 is 15.3 Å². The first-order valence-corrected chi connectivity index (χ1v) is 10.1. The van der Waals surface area contributed by atoms with E-state index < -0.39 is 12.1 Å². The first-order chi connectivity index (χ1) is 12.0. The lowest BCUT2D eigenvalue weighted by Gasteiger charge is -2.21. The van der Waals surface area contributed by atoms with Gasteiger partial charge in [0.2, 0.25) is 0 Å². The Bertz CT molecular complexity index is 396. The number of carbonyl (C=O) groups is 2. The molecule has 0 aromatic rings. The number of aliphatic hydroxyl groups is 2. The van der Waals surface area contributed by atoms with Crippen molar-refractivity contribution >= 4 is 11.8 Å². The number of ketones is 1. The quantitative estimate of drug-likeness (QED) is 0.413. The highest BCUT2D eigenvalue weighted by Crippen LogP contribution is 2.36. The van der Waals surface area contributed by atoms with Gasteiger partial charge in [-0.15, -0.1) is 0 Å². The van der Waals surface area contributed by atoms with Crippen molar-refractivity contribution in [2.24, 2.45) is 11.8 Å². The summed E-state index contributed by atoms with van der Waals surface area (Å²) in [6.45, 7) is 2.11. The Morgan fingerprint density at radius 3 is 2.44 bits per heavy atom. The summed E-state index contributed by atoms with van der Waals surface area (Å²) in [5, 5.41) is 28.7. The van der Waals surface area contributed by atoms with Crippen LogP contribution in [0.1, 0.15) is 90.4 Å². The van der Waals surface area contributed by atoms with Crippen molar-refractivity contribution in [1.29, 1.82) is 0 Å². The summed E-state index contributed by atoms with van der Waals surface area (Å²) in [5.41, 5.74) is 0. The van der Waals surface area contributed by atoms with E-state index in [1.54, 1.807) is 0 Å². The van der Waals surface area contributed by atoms with Gasteiger partial charge in [-0.2, -0.15) is 0 Å². The van der Waals surface area contributed by atoms with Crippen LogP contribution in [-0.2, 0) is 9.59 Å². The molecule has 1 aliphatic rings. The maximum atomic E-state index is 12.2. The summed E-state index contributed by atoms with van der Waals surface area (Å²) >= 11 is 0. The van der Waals surface area contributed by atoms with E-state index in [0.29, 0.717) is 6.42 Å². The molecule has 0 bridgehead atoms. The molecular formula is C20H36O5. The third kappa shape index (κ3) is 8.82. The highest BCUT2D eigenvalue weighted by molar-refractivity contribution is 5.84. The molecule has 1 unspecified atom stereocenters. The number of carbonyl (C=O) groups excluding carboxylic acids is 1. The van der Waals surface area contributed by atoms with E-state index in [1.807, 2.05) is 0 Å². The molecule has 0 heterocycles. The van der Waals surface area contributed by atoms with Crippen LogP contribution in [0.15, 0.2) is 0 Å². The monoisotopic (exact) mass is 356 g/mol. The number of unbranched alkanes of at least 4 members (excludes halogenated alkanes) is 4. The SMILES string of the molecule is CCCCC(O)CCC[C@H]1[C@H](O)CC(=O)[C@@H]1CCCCCCC(=O)O. The standard InChI is InChI=1S/C20H36O5/c1-2-3-9-15(21)10-8-12-17-16(18(22)14-19(17)23)11-6-4-5-7-13-20(24)25/h15-17,19,21,23H,2-14H2,1H3,(H,24,25)/t15?,16-,17-,19-/m1/s1. The van der Waals surface area contributed by atoms with E-state index >= 15 is 0 Å². The number of aliphatic hydroxyl groups excluding tert-OH is 2. The molecule has 0 aliphatic heterocycles. The van der Waals surface area contributed by atoms with Crippen molar-refractivity contribution in [3.05, 3.63) is 0 Å². The summed E-state index contributed by atoms with van der Waals surface area (Å²) in [6.07, 6.45) is 9.28. The second-order valence-corrected chi connectivity index (χ2v) is 7.58. The van der Waals surface area contributed by atoms with Gasteiger partial charge in [0.15, 0.2) is 0 Å².